The second-order valence-electron chi connectivity index (χ2n) is 7.50. The Balaban J connectivity index is 1.48. The van der Waals surface area contributed by atoms with E-state index >= 15 is 0 Å². The molecule has 0 aromatic carbocycles. The van der Waals surface area contributed by atoms with Crippen LogP contribution < -0.4 is 10.6 Å². The van der Waals surface area contributed by atoms with Gasteiger partial charge in [-0.15, -0.1) is 0 Å². The zero-order chi connectivity index (χ0) is 16.5. The molecule has 0 bridgehead atoms. The van der Waals surface area contributed by atoms with E-state index < -0.39 is 0 Å². The minimum Gasteiger partial charge on any atom is -0.445 e. The molecule has 3 heterocycles. The third-order valence-corrected chi connectivity index (χ3v) is 5.46. The lowest BCUT2D eigenvalue weighted by Gasteiger charge is -2.14. The van der Waals surface area contributed by atoms with Gasteiger partial charge < -0.3 is 19.8 Å². The van der Waals surface area contributed by atoms with Crippen molar-refractivity contribution < 1.29 is 13.9 Å². The first-order valence-electron chi connectivity index (χ1n) is 8.47. The molecule has 5 rings (SSSR count). The largest absolute Gasteiger partial charge is 0.445 e. The molecule has 24 heavy (non-hydrogen) atoms. The number of carbonyl (C=O) groups is 1. The second kappa shape index (κ2) is 4.69. The molecular weight excluding hydrogens is 308 g/mol. The summed E-state index contributed by atoms with van der Waals surface area (Å²) < 4.78 is 10.9. The van der Waals surface area contributed by atoms with E-state index in [0.29, 0.717) is 40.1 Å². The first-order valence-corrected chi connectivity index (χ1v) is 8.47. The third-order valence-electron chi connectivity index (χ3n) is 5.46. The molecule has 1 unspecified atom stereocenters. The van der Waals surface area contributed by atoms with Crippen molar-refractivity contribution in [3.63, 3.8) is 0 Å². The van der Waals surface area contributed by atoms with Gasteiger partial charge in [0.15, 0.2) is 0 Å². The summed E-state index contributed by atoms with van der Waals surface area (Å²) in [5, 5.41) is 7.24. The molecular formula is C17H20N4O3. The fraction of sp³-hybridized carbons (Fsp3) is 0.588. The number of anilines is 1. The minimum atomic E-state index is -0.121. The predicted molar refractivity (Wildman–Crippen MR) is 86.9 cm³/mol. The van der Waals surface area contributed by atoms with E-state index in [2.05, 4.69) is 27.5 Å². The molecule has 3 fully saturated rings. The molecule has 2 aliphatic carbocycles. The molecule has 3 aliphatic rings. The second-order valence-corrected chi connectivity index (χ2v) is 7.50. The Morgan fingerprint density at radius 2 is 2.04 bits per heavy atom. The molecule has 2 N–H and O–H groups in total. The molecule has 1 amide bonds. The number of hydrogen-bond donors (Lipinski definition) is 2. The average Bonchev–Trinajstić information content (AvgIpc) is 3.25. The zero-order valence-electron chi connectivity index (χ0n) is 13.8. The normalized spacial score (nSPS) is 29.3. The number of rotatable bonds is 4. The number of aryl methyl sites for hydroxylation is 1. The summed E-state index contributed by atoms with van der Waals surface area (Å²) in [6, 6.07) is 0.222. The SMILES string of the molecule is Cc1nc(NC2(C)CC2)c2c(C(=O)NC3[C@H]4COC[C@@H]34)coc2n1. The summed E-state index contributed by atoms with van der Waals surface area (Å²) in [5.74, 6) is 2.13. The fourth-order valence-electron chi connectivity index (χ4n) is 3.59. The Bertz CT molecular complexity index is 832. The van der Waals surface area contributed by atoms with Crippen LogP contribution in [-0.2, 0) is 4.74 Å². The summed E-state index contributed by atoms with van der Waals surface area (Å²) in [6.45, 7) is 5.47. The minimum absolute atomic E-state index is 0.0591. The van der Waals surface area contributed by atoms with Crippen LogP contribution in [0, 0.1) is 18.8 Å². The first-order chi connectivity index (χ1) is 11.5. The monoisotopic (exact) mass is 328 g/mol. The van der Waals surface area contributed by atoms with Crippen LogP contribution in [0.25, 0.3) is 11.1 Å². The maximum atomic E-state index is 12.7. The van der Waals surface area contributed by atoms with Gasteiger partial charge in [0, 0.05) is 23.4 Å². The molecule has 7 nitrogen and oxygen atoms in total. The van der Waals surface area contributed by atoms with Gasteiger partial charge in [0.05, 0.1) is 24.2 Å². The van der Waals surface area contributed by atoms with E-state index in [1.165, 1.54) is 6.26 Å². The quantitative estimate of drug-likeness (QED) is 0.890. The van der Waals surface area contributed by atoms with Crippen LogP contribution in [-0.4, -0.2) is 40.7 Å². The van der Waals surface area contributed by atoms with Gasteiger partial charge in [0.25, 0.3) is 5.91 Å². The van der Waals surface area contributed by atoms with Crippen LogP contribution >= 0.6 is 0 Å². The van der Waals surface area contributed by atoms with Crippen LogP contribution in [0.15, 0.2) is 10.7 Å². The maximum Gasteiger partial charge on any atom is 0.255 e. The number of carbonyl (C=O) groups excluding carboxylic acids is 1. The number of amides is 1. The van der Waals surface area contributed by atoms with E-state index in [-0.39, 0.29) is 17.5 Å². The van der Waals surface area contributed by atoms with Crippen molar-refractivity contribution >= 4 is 22.8 Å². The summed E-state index contributed by atoms with van der Waals surface area (Å²) in [5.41, 5.74) is 1.02. The highest BCUT2D eigenvalue weighted by molar-refractivity contribution is 6.09. The highest BCUT2D eigenvalue weighted by Gasteiger charge is 2.55. The molecule has 2 aromatic rings. The molecule has 7 heteroatoms. The van der Waals surface area contributed by atoms with Crippen molar-refractivity contribution in [2.24, 2.45) is 11.8 Å². The van der Waals surface area contributed by atoms with Crippen LogP contribution in [0.5, 0.6) is 0 Å². The Morgan fingerprint density at radius 1 is 1.29 bits per heavy atom. The highest BCUT2D eigenvalue weighted by atomic mass is 16.5. The van der Waals surface area contributed by atoms with Crippen molar-refractivity contribution in [3.05, 3.63) is 17.7 Å². The number of fused-ring (bicyclic) bond motifs is 2. The van der Waals surface area contributed by atoms with Gasteiger partial charge in [-0.2, -0.15) is 4.98 Å². The average molecular weight is 328 g/mol. The van der Waals surface area contributed by atoms with Crippen molar-refractivity contribution in [1.29, 1.82) is 0 Å². The number of hydrogen-bond acceptors (Lipinski definition) is 6. The van der Waals surface area contributed by atoms with Crippen molar-refractivity contribution in [2.75, 3.05) is 18.5 Å². The molecule has 126 valence electrons. The van der Waals surface area contributed by atoms with Crippen LogP contribution in [0.4, 0.5) is 5.82 Å². The van der Waals surface area contributed by atoms with Gasteiger partial charge in [-0.1, -0.05) is 0 Å². The standard InChI is InChI=1S/C17H20N4O3/c1-8-18-14(21-17(2)3-4-17)12-11(7-24-16(12)19-8)15(22)20-13-9-5-23-6-10(9)13/h7,9-10,13H,3-6H2,1-2H3,(H,20,22)(H,18,19,21)/t9-,10+,13?. The van der Waals surface area contributed by atoms with Crippen molar-refractivity contribution in [2.45, 2.75) is 38.3 Å². The van der Waals surface area contributed by atoms with Crippen LogP contribution in [0.2, 0.25) is 0 Å². The lowest BCUT2D eigenvalue weighted by atomic mass is 10.2. The number of ether oxygens (including phenoxy) is 1. The Kier molecular flexibility index (Phi) is 2.78. The molecule has 3 atom stereocenters. The van der Waals surface area contributed by atoms with E-state index in [9.17, 15) is 4.79 Å². The molecule has 1 saturated heterocycles. The summed E-state index contributed by atoms with van der Waals surface area (Å²) in [7, 11) is 0. The molecule has 1 aliphatic heterocycles. The fourth-order valence-corrected chi connectivity index (χ4v) is 3.59. The number of aromatic nitrogens is 2. The Morgan fingerprint density at radius 3 is 2.75 bits per heavy atom. The molecule has 2 aromatic heterocycles. The smallest absolute Gasteiger partial charge is 0.255 e. The van der Waals surface area contributed by atoms with Gasteiger partial charge in [0.1, 0.15) is 17.9 Å². The summed E-state index contributed by atoms with van der Waals surface area (Å²) >= 11 is 0. The summed E-state index contributed by atoms with van der Waals surface area (Å²) in [4.78, 5) is 21.6. The zero-order valence-corrected chi connectivity index (χ0v) is 13.8. The number of furan rings is 1. The van der Waals surface area contributed by atoms with Crippen LogP contribution in [0.3, 0.4) is 0 Å². The molecule has 0 spiro atoms. The predicted octanol–water partition coefficient (Wildman–Crippen LogP) is 1.87. The first kappa shape index (κ1) is 14.2. The van der Waals surface area contributed by atoms with E-state index in [0.717, 1.165) is 26.1 Å². The third kappa shape index (κ3) is 2.18. The van der Waals surface area contributed by atoms with Gasteiger partial charge in [0.2, 0.25) is 5.71 Å². The molecule has 2 saturated carbocycles. The van der Waals surface area contributed by atoms with Crippen molar-refractivity contribution in [3.8, 4) is 0 Å². The van der Waals surface area contributed by atoms with E-state index in [4.69, 9.17) is 9.15 Å². The summed E-state index contributed by atoms with van der Waals surface area (Å²) in [6.07, 6.45) is 3.69. The van der Waals surface area contributed by atoms with Crippen LogP contribution in [0.1, 0.15) is 35.9 Å². The van der Waals surface area contributed by atoms with Gasteiger partial charge in [-0.05, 0) is 26.7 Å². The number of nitrogens with one attached hydrogen (secondary N) is 2. The Hall–Kier alpha value is -2.15. The maximum absolute atomic E-state index is 12.7. The van der Waals surface area contributed by atoms with Gasteiger partial charge >= 0.3 is 0 Å². The van der Waals surface area contributed by atoms with E-state index in [1.54, 1.807) is 0 Å². The topological polar surface area (TPSA) is 89.3 Å². The molecule has 0 radical (unpaired) electrons. The van der Waals surface area contributed by atoms with Gasteiger partial charge in [-0.25, -0.2) is 4.98 Å². The highest BCUT2D eigenvalue weighted by Crippen LogP contribution is 2.44. The lowest BCUT2D eigenvalue weighted by molar-refractivity contribution is 0.0929. The van der Waals surface area contributed by atoms with E-state index in [1.807, 2.05) is 6.92 Å². The van der Waals surface area contributed by atoms with Gasteiger partial charge in [-0.3, -0.25) is 4.79 Å². The van der Waals surface area contributed by atoms with Crippen molar-refractivity contribution in [1.82, 2.24) is 15.3 Å². The lowest BCUT2D eigenvalue weighted by Crippen LogP contribution is -2.30. The number of nitrogens with zero attached hydrogens (tertiary/aromatic N) is 2. The Labute approximate surface area is 139 Å².